The second-order valence-corrected chi connectivity index (χ2v) is 7.55. The molecule has 146 valence electrons. The Morgan fingerprint density at radius 3 is 2.90 bits per heavy atom. The summed E-state index contributed by atoms with van der Waals surface area (Å²) in [6.45, 7) is 1.58. The molecule has 0 aliphatic carbocycles. The van der Waals surface area contributed by atoms with Gasteiger partial charge in [-0.2, -0.15) is 0 Å². The summed E-state index contributed by atoms with van der Waals surface area (Å²) in [6.07, 6.45) is 3.57. The first-order valence-corrected chi connectivity index (χ1v) is 10.0. The van der Waals surface area contributed by atoms with Crippen molar-refractivity contribution in [2.24, 2.45) is 0 Å². The summed E-state index contributed by atoms with van der Waals surface area (Å²) in [5.74, 6) is 0.938. The van der Waals surface area contributed by atoms with E-state index in [9.17, 15) is 4.79 Å². The molecule has 0 unspecified atom stereocenters. The predicted molar refractivity (Wildman–Crippen MR) is 115 cm³/mol. The van der Waals surface area contributed by atoms with E-state index < -0.39 is 0 Å². The van der Waals surface area contributed by atoms with E-state index in [2.05, 4.69) is 39.5 Å². The molecule has 4 aromatic rings. The van der Waals surface area contributed by atoms with Crippen LogP contribution < -0.4 is 5.32 Å². The number of aromatic nitrogens is 1. The van der Waals surface area contributed by atoms with Crippen LogP contribution in [0.5, 0.6) is 0 Å². The average molecular weight is 385 g/mol. The van der Waals surface area contributed by atoms with Crippen molar-refractivity contribution >= 4 is 22.5 Å². The quantitative estimate of drug-likeness (QED) is 0.506. The van der Waals surface area contributed by atoms with E-state index in [1.54, 1.807) is 6.26 Å². The molecule has 1 aliphatic rings. The van der Waals surface area contributed by atoms with Crippen molar-refractivity contribution in [3.05, 3.63) is 78.8 Å². The molecule has 5 heteroatoms. The van der Waals surface area contributed by atoms with E-state index in [4.69, 9.17) is 4.42 Å². The number of hydrogen-bond acceptors (Lipinski definition) is 3. The third kappa shape index (κ3) is 3.69. The first kappa shape index (κ1) is 17.8. The van der Waals surface area contributed by atoms with Crippen LogP contribution in [0.3, 0.4) is 0 Å². The maximum Gasteiger partial charge on any atom is 0.241 e. The summed E-state index contributed by atoms with van der Waals surface area (Å²) in [5, 5.41) is 4.29. The van der Waals surface area contributed by atoms with Gasteiger partial charge in [-0.1, -0.05) is 30.3 Å². The van der Waals surface area contributed by atoms with Gasteiger partial charge in [0.1, 0.15) is 5.76 Å². The number of hydrogen-bond donors (Lipinski definition) is 2. The number of H-pyrrole nitrogens is 1. The van der Waals surface area contributed by atoms with E-state index in [-0.39, 0.29) is 11.9 Å². The number of benzene rings is 2. The number of carbonyl (C=O) groups is 1. The highest BCUT2D eigenvalue weighted by atomic mass is 16.3. The van der Waals surface area contributed by atoms with Crippen molar-refractivity contribution in [1.29, 1.82) is 0 Å². The van der Waals surface area contributed by atoms with Gasteiger partial charge in [-0.3, -0.25) is 9.69 Å². The van der Waals surface area contributed by atoms with Crippen molar-refractivity contribution in [3.8, 4) is 11.3 Å². The lowest BCUT2D eigenvalue weighted by Crippen LogP contribution is -2.39. The molecule has 0 spiro atoms. The molecule has 29 heavy (non-hydrogen) atoms. The Hall–Kier alpha value is -3.31. The van der Waals surface area contributed by atoms with E-state index in [1.165, 1.54) is 5.39 Å². The highest BCUT2D eigenvalue weighted by Gasteiger charge is 2.31. The van der Waals surface area contributed by atoms with Gasteiger partial charge in [0.05, 0.1) is 18.8 Å². The number of para-hydroxylation sites is 1. The van der Waals surface area contributed by atoms with Crippen LogP contribution in [0.15, 0.2) is 77.4 Å². The lowest BCUT2D eigenvalue weighted by Gasteiger charge is -2.22. The van der Waals surface area contributed by atoms with E-state index in [0.29, 0.717) is 6.54 Å². The number of carbonyl (C=O) groups excluding carboxylic acids is 1. The molecule has 1 amide bonds. The topological polar surface area (TPSA) is 61.3 Å². The summed E-state index contributed by atoms with van der Waals surface area (Å²) in [7, 11) is 0. The maximum atomic E-state index is 13.0. The lowest BCUT2D eigenvalue weighted by molar-refractivity contribution is -0.120. The Labute approximate surface area is 169 Å². The molecular formula is C24H23N3O2. The summed E-state index contributed by atoms with van der Waals surface area (Å²) in [5.41, 5.74) is 4.02. The number of aromatic amines is 1. The zero-order chi connectivity index (χ0) is 19.6. The standard InChI is InChI=1S/C24H23N3O2/c28-24(23-11-4-12-27(23)16-20-9-5-13-29-20)25-19-8-3-7-17(14-19)22-15-18-6-1-2-10-21(18)26-22/h1-3,5-10,13-15,23,26H,4,11-12,16H2,(H,25,28)/t23-/m0/s1. The number of rotatable bonds is 5. The van der Waals surface area contributed by atoms with Crippen LogP contribution in [0.1, 0.15) is 18.6 Å². The molecule has 5 nitrogen and oxygen atoms in total. The van der Waals surface area contributed by atoms with Crippen LogP contribution in [0.4, 0.5) is 5.69 Å². The Morgan fingerprint density at radius 2 is 2.03 bits per heavy atom. The molecule has 2 aromatic heterocycles. The van der Waals surface area contributed by atoms with Crippen LogP contribution in [0, 0.1) is 0 Å². The molecular weight excluding hydrogens is 362 g/mol. The number of likely N-dealkylation sites (tertiary alicyclic amines) is 1. The molecule has 1 atom stereocenters. The number of amides is 1. The molecule has 1 saturated heterocycles. The molecule has 2 aromatic carbocycles. The number of nitrogens with zero attached hydrogens (tertiary/aromatic N) is 1. The van der Waals surface area contributed by atoms with Crippen molar-refractivity contribution < 1.29 is 9.21 Å². The number of furan rings is 1. The van der Waals surface area contributed by atoms with E-state index in [1.807, 2.05) is 42.5 Å². The Kier molecular flexibility index (Phi) is 4.66. The van der Waals surface area contributed by atoms with E-state index in [0.717, 1.165) is 47.6 Å². The van der Waals surface area contributed by atoms with Gasteiger partial charge in [-0.15, -0.1) is 0 Å². The first-order valence-electron chi connectivity index (χ1n) is 10.0. The SMILES string of the molecule is O=C(Nc1cccc(-c2cc3ccccc3[nH]2)c1)[C@@H]1CCCN1Cc1ccco1. The van der Waals surface area contributed by atoms with E-state index >= 15 is 0 Å². The minimum absolute atomic E-state index is 0.0443. The summed E-state index contributed by atoms with van der Waals surface area (Å²) >= 11 is 0. The zero-order valence-electron chi connectivity index (χ0n) is 16.1. The summed E-state index contributed by atoms with van der Waals surface area (Å²) in [6, 6.07) is 22.1. The van der Waals surface area contributed by atoms with Crippen molar-refractivity contribution in [2.45, 2.75) is 25.4 Å². The van der Waals surface area contributed by atoms with Crippen LogP contribution in [0.25, 0.3) is 22.2 Å². The molecule has 3 heterocycles. The Balaban J connectivity index is 1.32. The molecule has 0 radical (unpaired) electrons. The van der Waals surface area contributed by atoms with Crippen molar-refractivity contribution in [3.63, 3.8) is 0 Å². The van der Waals surface area contributed by atoms with Crippen LogP contribution in [-0.4, -0.2) is 28.4 Å². The van der Waals surface area contributed by atoms with Gasteiger partial charge in [0.25, 0.3) is 0 Å². The largest absolute Gasteiger partial charge is 0.468 e. The van der Waals surface area contributed by atoms with Gasteiger partial charge in [0.2, 0.25) is 5.91 Å². The van der Waals surface area contributed by atoms with Gasteiger partial charge in [0, 0.05) is 27.8 Å². The normalized spacial score (nSPS) is 17.0. The smallest absolute Gasteiger partial charge is 0.241 e. The van der Waals surface area contributed by atoms with Crippen LogP contribution in [0.2, 0.25) is 0 Å². The fourth-order valence-electron chi connectivity index (χ4n) is 4.13. The fraction of sp³-hybridized carbons (Fsp3) is 0.208. The van der Waals surface area contributed by atoms with Crippen molar-refractivity contribution in [1.82, 2.24) is 9.88 Å². The summed E-state index contributed by atoms with van der Waals surface area (Å²) in [4.78, 5) is 18.6. The highest BCUT2D eigenvalue weighted by Crippen LogP contribution is 2.27. The monoisotopic (exact) mass is 385 g/mol. The minimum atomic E-state index is -0.128. The Morgan fingerprint density at radius 1 is 1.10 bits per heavy atom. The van der Waals surface area contributed by atoms with Crippen molar-refractivity contribution in [2.75, 3.05) is 11.9 Å². The summed E-state index contributed by atoms with van der Waals surface area (Å²) < 4.78 is 5.45. The zero-order valence-corrected chi connectivity index (χ0v) is 16.1. The molecule has 0 bridgehead atoms. The molecule has 0 saturated carbocycles. The average Bonchev–Trinajstić information content (AvgIpc) is 3.49. The van der Waals surface area contributed by atoms with Gasteiger partial charge >= 0.3 is 0 Å². The van der Waals surface area contributed by atoms with Gasteiger partial charge in [-0.05, 0) is 55.8 Å². The van der Waals surface area contributed by atoms with Gasteiger partial charge in [0.15, 0.2) is 0 Å². The third-order valence-corrected chi connectivity index (χ3v) is 5.58. The number of nitrogens with one attached hydrogen (secondary N) is 2. The Bertz CT molecular complexity index is 1100. The second-order valence-electron chi connectivity index (χ2n) is 7.55. The first-order chi connectivity index (χ1) is 14.3. The lowest BCUT2D eigenvalue weighted by atomic mass is 10.1. The number of anilines is 1. The molecule has 5 rings (SSSR count). The second kappa shape index (κ2) is 7.60. The van der Waals surface area contributed by atoms with Gasteiger partial charge < -0.3 is 14.7 Å². The third-order valence-electron chi connectivity index (χ3n) is 5.58. The molecule has 1 aliphatic heterocycles. The minimum Gasteiger partial charge on any atom is -0.468 e. The molecule has 2 N–H and O–H groups in total. The van der Waals surface area contributed by atoms with Crippen LogP contribution in [-0.2, 0) is 11.3 Å². The van der Waals surface area contributed by atoms with Crippen LogP contribution >= 0.6 is 0 Å². The highest BCUT2D eigenvalue weighted by molar-refractivity contribution is 5.96. The fourth-order valence-corrected chi connectivity index (χ4v) is 4.13. The molecule has 1 fully saturated rings. The van der Waals surface area contributed by atoms with Gasteiger partial charge in [-0.25, -0.2) is 0 Å². The maximum absolute atomic E-state index is 13.0. The number of fused-ring (bicyclic) bond motifs is 1. The predicted octanol–water partition coefficient (Wildman–Crippen LogP) is 5.03.